The molecule has 1 N–H and O–H groups in total. The molecule has 0 atom stereocenters. The zero-order valence-electron chi connectivity index (χ0n) is 13.4. The van der Waals surface area contributed by atoms with Gasteiger partial charge in [-0.05, 0) is 49.8 Å². The summed E-state index contributed by atoms with van der Waals surface area (Å²) in [7, 11) is 1.67. The minimum Gasteiger partial charge on any atom is -0.497 e. The van der Waals surface area contributed by atoms with Crippen molar-refractivity contribution in [2.75, 3.05) is 20.2 Å². The quantitative estimate of drug-likeness (QED) is 0.877. The lowest BCUT2D eigenvalue weighted by molar-refractivity contribution is -0.122. The van der Waals surface area contributed by atoms with Gasteiger partial charge in [0, 0.05) is 31.6 Å². The van der Waals surface area contributed by atoms with Crippen LogP contribution in [0.1, 0.15) is 37.7 Å². The first-order chi connectivity index (χ1) is 10.7. The molecular formula is C18H26N2O2. The van der Waals surface area contributed by atoms with Crippen LogP contribution in [0.5, 0.6) is 5.75 Å². The summed E-state index contributed by atoms with van der Waals surface area (Å²) < 4.78 is 5.21. The number of nitrogens with one attached hydrogen (secondary N) is 1. The van der Waals surface area contributed by atoms with Gasteiger partial charge in [0.15, 0.2) is 0 Å². The fraction of sp³-hybridized carbons (Fsp3) is 0.611. The van der Waals surface area contributed by atoms with E-state index in [1.54, 1.807) is 7.11 Å². The molecule has 1 aliphatic heterocycles. The lowest BCUT2D eigenvalue weighted by Gasteiger charge is -2.32. The Labute approximate surface area is 132 Å². The molecule has 120 valence electrons. The summed E-state index contributed by atoms with van der Waals surface area (Å²) in [5.74, 6) is 1.03. The molecule has 2 fully saturated rings. The highest BCUT2D eigenvalue weighted by Crippen LogP contribution is 2.29. The number of piperidine rings is 1. The fourth-order valence-corrected chi connectivity index (χ4v) is 3.23. The number of ether oxygens (including phenoxy) is 1. The average Bonchev–Trinajstić information content (AvgIpc) is 3.39. The molecule has 22 heavy (non-hydrogen) atoms. The number of amides is 1. The van der Waals surface area contributed by atoms with Crippen molar-refractivity contribution in [1.82, 2.24) is 10.2 Å². The molecule has 1 heterocycles. The van der Waals surface area contributed by atoms with Gasteiger partial charge in [-0.2, -0.15) is 0 Å². The zero-order chi connectivity index (χ0) is 15.4. The molecule has 1 saturated heterocycles. The van der Waals surface area contributed by atoms with Gasteiger partial charge in [0.05, 0.1) is 7.11 Å². The minimum atomic E-state index is 0.174. The van der Waals surface area contributed by atoms with Crippen LogP contribution in [0.2, 0.25) is 0 Å². The molecule has 0 bridgehead atoms. The van der Waals surface area contributed by atoms with Gasteiger partial charge in [-0.1, -0.05) is 12.1 Å². The van der Waals surface area contributed by atoms with Crippen molar-refractivity contribution in [2.45, 2.75) is 50.6 Å². The number of rotatable bonds is 6. The van der Waals surface area contributed by atoms with Gasteiger partial charge in [0.2, 0.25) is 5.91 Å². The third-order valence-electron chi connectivity index (χ3n) is 4.73. The van der Waals surface area contributed by atoms with Crippen molar-refractivity contribution in [3.63, 3.8) is 0 Å². The van der Waals surface area contributed by atoms with Gasteiger partial charge in [-0.15, -0.1) is 0 Å². The topological polar surface area (TPSA) is 41.6 Å². The van der Waals surface area contributed by atoms with Crippen molar-refractivity contribution < 1.29 is 9.53 Å². The van der Waals surface area contributed by atoms with E-state index in [-0.39, 0.29) is 5.91 Å². The molecule has 0 radical (unpaired) electrons. The molecule has 4 heteroatoms. The predicted octanol–water partition coefficient (Wildman–Crippen LogP) is 2.37. The maximum atomic E-state index is 12.1. The number of likely N-dealkylation sites (tertiary alicyclic amines) is 1. The lowest BCUT2D eigenvalue weighted by atomic mass is 10.0. The van der Waals surface area contributed by atoms with E-state index in [2.05, 4.69) is 10.2 Å². The second kappa shape index (κ2) is 7.14. The van der Waals surface area contributed by atoms with E-state index in [1.807, 2.05) is 24.3 Å². The predicted molar refractivity (Wildman–Crippen MR) is 87.1 cm³/mol. The highest BCUT2D eigenvalue weighted by Gasteiger charge is 2.31. The molecule has 3 rings (SSSR count). The van der Waals surface area contributed by atoms with Crippen molar-refractivity contribution in [3.05, 3.63) is 29.8 Å². The van der Waals surface area contributed by atoms with Gasteiger partial charge in [0.25, 0.3) is 0 Å². The van der Waals surface area contributed by atoms with E-state index >= 15 is 0 Å². The summed E-state index contributed by atoms with van der Waals surface area (Å²) in [5.41, 5.74) is 1.15. The van der Waals surface area contributed by atoms with E-state index in [0.717, 1.165) is 49.7 Å². The van der Waals surface area contributed by atoms with E-state index < -0.39 is 0 Å². The number of hydrogen-bond acceptors (Lipinski definition) is 3. The largest absolute Gasteiger partial charge is 0.497 e. The third kappa shape index (κ3) is 4.23. The molecule has 0 aromatic heterocycles. The third-order valence-corrected chi connectivity index (χ3v) is 4.73. The van der Waals surface area contributed by atoms with Gasteiger partial charge in [-0.3, -0.25) is 4.79 Å². The van der Waals surface area contributed by atoms with Gasteiger partial charge in [0.1, 0.15) is 5.75 Å². The van der Waals surface area contributed by atoms with Crippen molar-refractivity contribution >= 4 is 5.91 Å². The Bertz CT molecular complexity index is 506. The second-order valence-corrected chi connectivity index (χ2v) is 6.46. The maximum Gasteiger partial charge on any atom is 0.220 e. The summed E-state index contributed by atoms with van der Waals surface area (Å²) in [6.45, 7) is 2.29. The summed E-state index contributed by atoms with van der Waals surface area (Å²) >= 11 is 0. The van der Waals surface area contributed by atoms with Crippen LogP contribution in [-0.4, -0.2) is 43.1 Å². The standard InChI is InChI=1S/C18H26N2O2/c1-22-17-4-2-3-14(13-17)5-8-18(21)19-15-9-11-20(12-10-15)16-6-7-16/h2-4,13,15-16H,5-12H2,1H3,(H,19,21). The smallest absolute Gasteiger partial charge is 0.220 e. The number of nitrogens with zero attached hydrogens (tertiary/aromatic N) is 1. The zero-order valence-corrected chi connectivity index (χ0v) is 13.4. The van der Waals surface area contributed by atoms with E-state index in [9.17, 15) is 4.79 Å². The maximum absolute atomic E-state index is 12.1. The van der Waals surface area contributed by atoms with Crippen LogP contribution in [0, 0.1) is 0 Å². The van der Waals surface area contributed by atoms with Crippen LogP contribution >= 0.6 is 0 Å². The number of hydrogen-bond donors (Lipinski definition) is 1. The van der Waals surface area contributed by atoms with Gasteiger partial charge < -0.3 is 15.0 Å². The molecule has 1 aromatic rings. The number of aryl methyl sites for hydroxylation is 1. The molecular weight excluding hydrogens is 276 g/mol. The second-order valence-electron chi connectivity index (χ2n) is 6.46. The molecule has 4 nitrogen and oxygen atoms in total. The highest BCUT2D eigenvalue weighted by molar-refractivity contribution is 5.76. The van der Waals surface area contributed by atoms with E-state index in [1.165, 1.54) is 12.8 Å². The summed E-state index contributed by atoms with van der Waals surface area (Å²) in [6, 6.07) is 9.17. The molecule has 1 aromatic carbocycles. The first kappa shape index (κ1) is 15.3. The number of benzene rings is 1. The van der Waals surface area contributed by atoms with Crippen molar-refractivity contribution in [2.24, 2.45) is 0 Å². The molecule has 2 aliphatic rings. The first-order valence-corrected chi connectivity index (χ1v) is 8.41. The number of carbonyl (C=O) groups excluding carboxylic acids is 1. The molecule has 0 spiro atoms. The SMILES string of the molecule is COc1cccc(CCC(=O)NC2CCN(C3CC3)CC2)c1. The minimum absolute atomic E-state index is 0.174. The Balaban J connectivity index is 1.38. The number of methoxy groups -OCH3 is 1. The Morgan fingerprint density at radius 3 is 2.73 bits per heavy atom. The monoisotopic (exact) mass is 302 g/mol. The molecule has 1 saturated carbocycles. The fourth-order valence-electron chi connectivity index (χ4n) is 3.23. The average molecular weight is 302 g/mol. The lowest BCUT2D eigenvalue weighted by Crippen LogP contribution is -2.45. The molecule has 0 unspecified atom stereocenters. The van der Waals surface area contributed by atoms with E-state index in [0.29, 0.717) is 12.5 Å². The van der Waals surface area contributed by atoms with Crippen LogP contribution in [0.15, 0.2) is 24.3 Å². The molecule has 1 amide bonds. The summed E-state index contributed by atoms with van der Waals surface area (Å²) in [5, 5.41) is 3.20. The van der Waals surface area contributed by atoms with E-state index in [4.69, 9.17) is 4.74 Å². The van der Waals surface area contributed by atoms with Gasteiger partial charge >= 0.3 is 0 Å². The Kier molecular flexibility index (Phi) is 4.98. The van der Waals surface area contributed by atoms with Crippen LogP contribution in [0.4, 0.5) is 0 Å². The first-order valence-electron chi connectivity index (χ1n) is 8.41. The van der Waals surface area contributed by atoms with Crippen LogP contribution < -0.4 is 10.1 Å². The summed E-state index contributed by atoms with van der Waals surface area (Å²) in [4.78, 5) is 14.7. The number of carbonyl (C=O) groups is 1. The van der Waals surface area contributed by atoms with Crippen LogP contribution in [-0.2, 0) is 11.2 Å². The summed E-state index contributed by atoms with van der Waals surface area (Å²) in [6.07, 6.45) is 6.26. The van der Waals surface area contributed by atoms with Crippen molar-refractivity contribution in [3.8, 4) is 5.75 Å². The Morgan fingerprint density at radius 1 is 1.27 bits per heavy atom. The molecule has 1 aliphatic carbocycles. The van der Waals surface area contributed by atoms with Gasteiger partial charge in [-0.25, -0.2) is 0 Å². The highest BCUT2D eigenvalue weighted by atomic mass is 16.5. The van der Waals surface area contributed by atoms with Crippen LogP contribution in [0.25, 0.3) is 0 Å². The normalized spacial score (nSPS) is 19.9. The van der Waals surface area contributed by atoms with Crippen molar-refractivity contribution in [1.29, 1.82) is 0 Å². The Hall–Kier alpha value is -1.55. The van der Waals surface area contributed by atoms with Crippen LogP contribution in [0.3, 0.4) is 0 Å². The Morgan fingerprint density at radius 2 is 2.05 bits per heavy atom.